The third-order valence-electron chi connectivity index (χ3n) is 4.15. The van der Waals surface area contributed by atoms with E-state index < -0.39 is 5.25 Å². The van der Waals surface area contributed by atoms with E-state index in [9.17, 15) is 14.0 Å². The van der Waals surface area contributed by atoms with E-state index in [2.05, 4.69) is 20.8 Å². The van der Waals surface area contributed by atoms with Crippen molar-refractivity contribution in [2.45, 2.75) is 25.5 Å². The van der Waals surface area contributed by atoms with E-state index in [0.29, 0.717) is 29.3 Å². The monoisotopic (exact) mass is 428 g/mol. The number of carbonyl (C=O) groups excluding carboxylic acids is 2. The highest BCUT2D eigenvalue weighted by Crippen LogP contribution is 2.23. The van der Waals surface area contributed by atoms with Crippen molar-refractivity contribution in [2.75, 3.05) is 11.9 Å². The molecule has 1 atom stereocenters. The first-order valence-corrected chi connectivity index (χ1v) is 10.2. The van der Waals surface area contributed by atoms with Gasteiger partial charge in [-0.1, -0.05) is 23.9 Å². The Hall–Kier alpha value is -3.20. The maximum Gasteiger partial charge on any atom is 0.238 e. The van der Waals surface area contributed by atoms with Crippen LogP contribution in [0.15, 0.2) is 58.7 Å². The van der Waals surface area contributed by atoms with Crippen molar-refractivity contribution in [1.29, 1.82) is 0 Å². The highest BCUT2D eigenvalue weighted by Gasteiger charge is 2.30. The highest BCUT2D eigenvalue weighted by molar-refractivity contribution is 8.15. The van der Waals surface area contributed by atoms with Crippen LogP contribution in [0.4, 0.5) is 10.1 Å². The zero-order valence-corrected chi connectivity index (χ0v) is 17.3. The second-order valence-electron chi connectivity index (χ2n) is 6.40. The fourth-order valence-electron chi connectivity index (χ4n) is 2.63. The molecule has 1 aliphatic rings. The molecule has 0 unspecified atom stereocenters. The minimum Gasteiger partial charge on any atom is -0.494 e. The van der Waals surface area contributed by atoms with E-state index in [4.69, 9.17) is 4.74 Å². The van der Waals surface area contributed by atoms with Crippen LogP contribution in [0.2, 0.25) is 0 Å². The average molecular weight is 428 g/mol. The number of halogens is 1. The van der Waals surface area contributed by atoms with E-state index in [1.165, 1.54) is 12.1 Å². The fourth-order valence-corrected chi connectivity index (χ4v) is 3.56. The Morgan fingerprint density at radius 2 is 1.93 bits per heavy atom. The number of nitrogens with one attached hydrogen (secondary N) is 2. The van der Waals surface area contributed by atoms with Gasteiger partial charge in [0.2, 0.25) is 11.8 Å². The smallest absolute Gasteiger partial charge is 0.238 e. The summed E-state index contributed by atoms with van der Waals surface area (Å²) < 4.78 is 18.4. The average Bonchev–Trinajstić information content (AvgIpc) is 2.74. The van der Waals surface area contributed by atoms with E-state index in [0.717, 1.165) is 11.8 Å². The van der Waals surface area contributed by atoms with Crippen LogP contribution >= 0.6 is 11.8 Å². The van der Waals surface area contributed by atoms with Crippen LogP contribution in [0.1, 0.15) is 25.8 Å². The van der Waals surface area contributed by atoms with Gasteiger partial charge in [0.25, 0.3) is 0 Å². The summed E-state index contributed by atoms with van der Waals surface area (Å²) in [6.45, 7) is 4.18. The molecule has 0 saturated carbocycles. The molecule has 156 valence electrons. The van der Waals surface area contributed by atoms with Crippen LogP contribution in [-0.2, 0) is 9.59 Å². The molecule has 2 aromatic rings. The summed E-state index contributed by atoms with van der Waals surface area (Å²) in [4.78, 5) is 24.6. The quantitative estimate of drug-likeness (QED) is 0.544. The molecule has 3 rings (SSSR count). The molecular weight excluding hydrogens is 407 g/mol. The lowest BCUT2D eigenvalue weighted by Gasteiger charge is -2.21. The Labute approximate surface area is 177 Å². The van der Waals surface area contributed by atoms with Gasteiger partial charge in [0.1, 0.15) is 16.8 Å². The minimum absolute atomic E-state index is 0.0349. The molecule has 0 radical (unpaired) electrons. The summed E-state index contributed by atoms with van der Waals surface area (Å²) in [6.07, 6.45) is 0.0349. The van der Waals surface area contributed by atoms with Gasteiger partial charge in [0.05, 0.1) is 12.3 Å². The van der Waals surface area contributed by atoms with E-state index in [1.54, 1.807) is 43.3 Å². The van der Waals surface area contributed by atoms with E-state index in [-0.39, 0.29) is 29.2 Å². The highest BCUT2D eigenvalue weighted by atomic mass is 32.2. The van der Waals surface area contributed by atoms with Gasteiger partial charge in [-0.3, -0.25) is 9.59 Å². The number of rotatable bonds is 6. The van der Waals surface area contributed by atoms with Crippen molar-refractivity contribution in [1.82, 2.24) is 5.32 Å². The first-order valence-electron chi connectivity index (χ1n) is 9.33. The molecule has 2 N–H and O–H groups in total. The molecule has 30 heavy (non-hydrogen) atoms. The van der Waals surface area contributed by atoms with Crippen molar-refractivity contribution in [2.24, 2.45) is 10.2 Å². The van der Waals surface area contributed by atoms with Crippen molar-refractivity contribution in [3.8, 4) is 5.75 Å². The van der Waals surface area contributed by atoms with Crippen LogP contribution in [0, 0.1) is 5.82 Å². The number of carbonyl (C=O) groups is 2. The maximum atomic E-state index is 13.0. The first kappa shape index (κ1) is 21.5. The zero-order valence-electron chi connectivity index (χ0n) is 16.5. The lowest BCUT2D eigenvalue weighted by Crippen LogP contribution is -2.41. The normalized spacial score (nSPS) is 18.1. The lowest BCUT2D eigenvalue weighted by atomic mass is 10.1. The second-order valence-corrected chi connectivity index (χ2v) is 7.59. The molecule has 1 fully saturated rings. The molecule has 2 aromatic carbocycles. The minimum atomic E-state index is -0.634. The topological polar surface area (TPSA) is 92.1 Å². The molecule has 0 bridgehead atoms. The first-order chi connectivity index (χ1) is 14.4. The number of amidine groups is 1. The molecular formula is C21H21FN4O3S. The lowest BCUT2D eigenvalue weighted by molar-refractivity contribution is -0.123. The van der Waals surface area contributed by atoms with Crippen molar-refractivity contribution in [3.05, 3.63) is 59.9 Å². The van der Waals surface area contributed by atoms with Gasteiger partial charge in [-0.05, 0) is 55.8 Å². The van der Waals surface area contributed by atoms with Crippen molar-refractivity contribution >= 4 is 40.1 Å². The number of thioether (sulfide) groups is 1. The Balaban J connectivity index is 1.66. The van der Waals surface area contributed by atoms with Crippen LogP contribution in [0.5, 0.6) is 5.75 Å². The summed E-state index contributed by atoms with van der Waals surface area (Å²) in [5.74, 6) is -0.236. The van der Waals surface area contributed by atoms with E-state index in [1.807, 2.05) is 6.92 Å². The standard InChI is InChI=1S/C21H21FN4O3S/c1-3-29-17-10-8-16(9-11-17)23-20(28)18-12-19(27)24-21(30-18)26-25-13(2)14-4-6-15(22)7-5-14/h4-11,18H,3,12H2,1-2H3,(H,23,28)(H,24,26,27)/b25-13+/t18-/m1/s1. The second kappa shape index (κ2) is 10.0. The number of hydrogen-bond acceptors (Lipinski definition) is 6. The van der Waals surface area contributed by atoms with Crippen molar-refractivity contribution in [3.63, 3.8) is 0 Å². The maximum absolute atomic E-state index is 13.0. The number of amides is 2. The molecule has 0 aliphatic carbocycles. The molecule has 2 amide bonds. The summed E-state index contributed by atoms with van der Waals surface area (Å²) in [7, 11) is 0. The number of ether oxygens (including phenoxy) is 1. The van der Waals surface area contributed by atoms with Crippen LogP contribution in [0.25, 0.3) is 0 Å². The Morgan fingerprint density at radius 1 is 1.23 bits per heavy atom. The van der Waals surface area contributed by atoms with Gasteiger partial charge < -0.3 is 15.4 Å². The number of benzene rings is 2. The predicted molar refractivity (Wildman–Crippen MR) is 116 cm³/mol. The summed E-state index contributed by atoms with van der Waals surface area (Å²) in [6, 6.07) is 12.9. The third-order valence-corrected chi connectivity index (χ3v) is 5.22. The van der Waals surface area contributed by atoms with Crippen molar-refractivity contribution < 1.29 is 18.7 Å². The summed E-state index contributed by atoms with van der Waals surface area (Å²) >= 11 is 1.13. The summed E-state index contributed by atoms with van der Waals surface area (Å²) in [5.41, 5.74) is 1.87. The molecule has 9 heteroatoms. The Kier molecular flexibility index (Phi) is 7.18. The Bertz CT molecular complexity index is 975. The Morgan fingerprint density at radius 3 is 2.60 bits per heavy atom. The van der Waals surface area contributed by atoms with Gasteiger partial charge in [-0.15, -0.1) is 5.10 Å². The number of nitrogens with zero attached hydrogens (tertiary/aromatic N) is 2. The predicted octanol–water partition coefficient (Wildman–Crippen LogP) is 3.56. The van der Waals surface area contributed by atoms with Crippen LogP contribution in [0.3, 0.4) is 0 Å². The van der Waals surface area contributed by atoms with Crippen LogP contribution in [-0.4, -0.2) is 34.6 Å². The summed E-state index contributed by atoms with van der Waals surface area (Å²) in [5, 5.41) is 13.1. The fraction of sp³-hybridized carbons (Fsp3) is 0.238. The van der Waals surface area contributed by atoms with Gasteiger partial charge in [-0.2, -0.15) is 5.10 Å². The largest absolute Gasteiger partial charge is 0.494 e. The molecule has 1 saturated heterocycles. The third kappa shape index (κ3) is 5.90. The zero-order chi connectivity index (χ0) is 21.5. The number of hydrogen-bond donors (Lipinski definition) is 2. The molecule has 0 spiro atoms. The van der Waals surface area contributed by atoms with Crippen LogP contribution < -0.4 is 15.4 Å². The van der Waals surface area contributed by atoms with Gasteiger partial charge in [-0.25, -0.2) is 4.39 Å². The number of anilines is 1. The molecule has 1 aliphatic heterocycles. The van der Waals surface area contributed by atoms with Gasteiger partial charge in [0, 0.05) is 12.1 Å². The molecule has 1 heterocycles. The SMILES string of the molecule is CCOc1ccc(NC(=O)[C@H]2CC(=O)N/C(=N\N=C(/C)c3ccc(F)cc3)S2)cc1. The molecule has 7 nitrogen and oxygen atoms in total. The molecule has 0 aromatic heterocycles. The van der Waals surface area contributed by atoms with E-state index >= 15 is 0 Å². The van der Waals surface area contributed by atoms with Gasteiger partial charge >= 0.3 is 0 Å². The van der Waals surface area contributed by atoms with Gasteiger partial charge in [0.15, 0.2) is 5.17 Å².